The molecule has 7 heteroatoms. The van der Waals surface area contributed by atoms with E-state index in [1.165, 1.54) is 36.8 Å². The number of aromatic nitrogens is 2. The number of fused-ring (bicyclic) bond motifs is 3. The van der Waals surface area contributed by atoms with Crippen LogP contribution in [0.1, 0.15) is 72.9 Å². The van der Waals surface area contributed by atoms with Gasteiger partial charge in [0.25, 0.3) is 5.91 Å². The Hall–Kier alpha value is -2.90. The number of halogens is 1. The third-order valence-corrected chi connectivity index (χ3v) is 10.4. The summed E-state index contributed by atoms with van der Waals surface area (Å²) in [5.41, 5.74) is 3.91. The van der Waals surface area contributed by atoms with Crippen LogP contribution in [-0.4, -0.2) is 57.0 Å². The van der Waals surface area contributed by atoms with Gasteiger partial charge >= 0.3 is 0 Å². The molecule has 4 aromatic rings. The van der Waals surface area contributed by atoms with Gasteiger partial charge in [-0.3, -0.25) is 9.69 Å². The van der Waals surface area contributed by atoms with Gasteiger partial charge in [-0.25, -0.2) is 4.98 Å². The number of para-hydroxylation sites is 2. The molecule has 1 amide bonds. The van der Waals surface area contributed by atoms with E-state index in [2.05, 4.69) is 86.9 Å². The molecule has 2 bridgehead atoms. The lowest BCUT2D eigenvalue weighted by molar-refractivity contribution is 0.0579. The van der Waals surface area contributed by atoms with Gasteiger partial charge in [0.15, 0.2) is 10.4 Å². The molecular weight excluding hydrogens is 564 g/mol. The molecule has 3 aliphatic heterocycles. The molecule has 2 aromatic carbocycles. The smallest absolute Gasteiger partial charge is 0.289 e. The molecule has 0 saturated carbocycles. The highest BCUT2D eigenvalue weighted by Gasteiger charge is 2.44. The van der Waals surface area contributed by atoms with E-state index >= 15 is 0 Å². The second kappa shape index (κ2) is 10.5. The van der Waals surface area contributed by atoms with Crippen molar-refractivity contribution in [1.29, 1.82) is 0 Å². The highest BCUT2D eigenvalue weighted by atomic mass is 79.9. The summed E-state index contributed by atoms with van der Waals surface area (Å²) in [4.78, 5) is 22.8. The number of benzene rings is 2. The number of hydrogen-bond donors (Lipinski definition) is 0. The molecule has 5 heterocycles. The molecule has 2 aromatic heterocycles. The molecule has 3 saturated heterocycles. The Morgan fingerprint density at radius 2 is 1.65 bits per heavy atom. The van der Waals surface area contributed by atoms with E-state index in [-0.39, 0.29) is 11.3 Å². The number of likely N-dealkylation sites (tertiary alicyclic amines) is 1. The summed E-state index contributed by atoms with van der Waals surface area (Å²) >= 11 is 3.33. The zero-order valence-electron chi connectivity index (χ0n) is 23.1. The second-order valence-electron chi connectivity index (χ2n) is 12.1. The summed E-state index contributed by atoms with van der Waals surface area (Å²) in [6, 6.07) is 25.0. The van der Waals surface area contributed by atoms with Crippen molar-refractivity contribution in [3.63, 3.8) is 0 Å². The van der Waals surface area contributed by atoms with E-state index in [1.807, 2.05) is 4.90 Å². The topological polar surface area (TPSA) is 54.5 Å². The number of imidazole rings is 1. The van der Waals surface area contributed by atoms with E-state index in [0.29, 0.717) is 28.6 Å². The fourth-order valence-corrected chi connectivity index (χ4v) is 8.29. The first-order chi connectivity index (χ1) is 19.5. The van der Waals surface area contributed by atoms with E-state index in [0.717, 1.165) is 50.2 Å². The van der Waals surface area contributed by atoms with Crippen molar-refractivity contribution in [3.8, 4) is 0 Å². The van der Waals surface area contributed by atoms with Crippen LogP contribution in [0.5, 0.6) is 0 Å². The summed E-state index contributed by atoms with van der Waals surface area (Å²) in [6.45, 7) is 4.81. The number of aryl methyl sites for hydroxylation is 1. The number of nitrogens with zero attached hydrogens (tertiary/aromatic N) is 4. The Morgan fingerprint density at radius 1 is 0.950 bits per heavy atom. The van der Waals surface area contributed by atoms with Crippen molar-refractivity contribution < 1.29 is 9.21 Å². The Labute approximate surface area is 244 Å². The molecule has 3 fully saturated rings. The standard InChI is InChI=1S/C33H37BrN4O2/c1-23-35-28-9-5-6-10-29(28)38(23)27-21-25-11-12-26(22-27)37(25)20-17-33(24-7-3-2-4-8-24)15-18-36(19-16-33)32(39)30-13-14-31(34)40-30/h2-10,13-14,25-27H,11-12,15-22H2,1H3/t25-,26+,27+. The van der Waals surface area contributed by atoms with Gasteiger partial charge in [-0.1, -0.05) is 42.5 Å². The average molecular weight is 602 g/mol. The highest BCUT2D eigenvalue weighted by molar-refractivity contribution is 9.10. The molecule has 0 unspecified atom stereocenters. The predicted molar refractivity (Wildman–Crippen MR) is 161 cm³/mol. The third-order valence-electron chi connectivity index (χ3n) is 10.0. The summed E-state index contributed by atoms with van der Waals surface area (Å²) in [5, 5.41) is 0. The van der Waals surface area contributed by atoms with Gasteiger partial charge in [0, 0.05) is 31.2 Å². The molecule has 0 spiro atoms. The van der Waals surface area contributed by atoms with Crippen LogP contribution in [0.25, 0.3) is 11.0 Å². The minimum absolute atomic E-state index is 0.00482. The van der Waals surface area contributed by atoms with Crippen LogP contribution in [0.15, 0.2) is 75.8 Å². The zero-order valence-corrected chi connectivity index (χ0v) is 24.7. The van der Waals surface area contributed by atoms with Gasteiger partial charge in [-0.15, -0.1) is 0 Å². The summed E-state index contributed by atoms with van der Waals surface area (Å²) in [6.07, 6.45) is 8.11. The van der Waals surface area contributed by atoms with Gasteiger partial charge in [0.1, 0.15) is 5.82 Å². The van der Waals surface area contributed by atoms with Crippen molar-refractivity contribution in [2.75, 3.05) is 19.6 Å². The molecule has 0 N–H and O–H groups in total. The number of rotatable bonds is 6. The maximum atomic E-state index is 13.1. The number of hydrogen-bond acceptors (Lipinski definition) is 4. The first kappa shape index (κ1) is 26.0. The fraction of sp³-hybridized carbons (Fsp3) is 0.455. The quantitative estimate of drug-likeness (QED) is 0.236. The van der Waals surface area contributed by atoms with Crippen LogP contribution in [0.3, 0.4) is 0 Å². The van der Waals surface area contributed by atoms with Crippen LogP contribution in [0.2, 0.25) is 0 Å². The monoisotopic (exact) mass is 600 g/mol. The SMILES string of the molecule is Cc1nc2ccccc2n1[C@H]1C[C@H]2CC[C@@H](C1)N2CCC1(c2ccccc2)CCN(C(=O)c2ccc(Br)o2)CC1. The van der Waals surface area contributed by atoms with Gasteiger partial charge in [-0.05, 0) is 110 Å². The van der Waals surface area contributed by atoms with Crippen LogP contribution in [0, 0.1) is 6.92 Å². The molecule has 40 heavy (non-hydrogen) atoms. The number of furan rings is 1. The number of carbonyl (C=O) groups excluding carboxylic acids is 1. The lowest BCUT2D eigenvalue weighted by atomic mass is 9.70. The molecule has 3 aliphatic rings. The predicted octanol–water partition coefficient (Wildman–Crippen LogP) is 7.13. The highest BCUT2D eigenvalue weighted by Crippen LogP contribution is 2.45. The maximum Gasteiger partial charge on any atom is 0.289 e. The van der Waals surface area contributed by atoms with Gasteiger partial charge < -0.3 is 13.9 Å². The Bertz CT molecular complexity index is 1490. The van der Waals surface area contributed by atoms with Crippen LogP contribution in [0.4, 0.5) is 0 Å². The molecule has 3 atom stereocenters. The lowest BCUT2D eigenvalue weighted by Crippen LogP contribution is -2.49. The number of carbonyl (C=O) groups is 1. The fourth-order valence-electron chi connectivity index (χ4n) is 7.99. The first-order valence-electron chi connectivity index (χ1n) is 14.8. The van der Waals surface area contributed by atoms with Crippen LogP contribution >= 0.6 is 15.9 Å². The Morgan fingerprint density at radius 3 is 2.35 bits per heavy atom. The maximum absolute atomic E-state index is 13.1. The van der Waals surface area contributed by atoms with Crippen molar-refractivity contribution in [2.24, 2.45) is 0 Å². The first-order valence-corrected chi connectivity index (χ1v) is 15.6. The summed E-state index contributed by atoms with van der Waals surface area (Å²) in [7, 11) is 0. The molecule has 7 rings (SSSR count). The molecule has 0 aliphatic carbocycles. The molecule has 6 nitrogen and oxygen atoms in total. The number of amides is 1. The van der Waals surface area contributed by atoms with Crippen molar-refractivity contribution in [1.82, 2.24) is 19.4 Å². The second-order valence-corrected chi connectivity index (χ2v) is 12.8. The van der Waals surface area contributed by atoms with Gasteiger partial charge in [0.05, 0.1) is 11.0 Å². The summed E-state index contributed by atoms with van der Waals surface area (Å²) in [5.74, 6) is 1.56. The van der Waals surface area contributed by atoms with E-state index in [4.69, 9.17) is 9.40 Å². The minimum Gasteiger partial charge on any atom is -0.444 e. The van der Waals surface area contributed by atoms with E-state index < -0.39 is 0 Å². The van der Waals surface area contributed by atoms with Crippen LogP contribution < -0.4 is 0 Å². The van der Waals surface area contributed by atoms with Gasteiger partial charge in [-0.2, -0.15) is 0 Å². The van der Waals surface area contributed by atoms with E-state index in [1.54, 1.807) is 12.1 Å². The normalized spacial score (nSPS) is 24.6. The third kappa shape index (κ3) is 4.61. The minimum atomic E-state index is -0.00482. The Balaban J connectivity index is 1.06. The van der Waals surface area contributed by atoms with Crippen molar-refractivity contribution >= 4 is 32.9 Å². The molecule has 0 radical (unpaired) electrons. The average Bonchev–Trinajstić information content (AvgIpc) is 3.64. The number of piperidine rings is 2. The van der Waals surface area contributed by atoms with Gasteiger partial charge in [0.2, 0.25) is 0 Å². The molecule has 208 valence electrons. The van der Waals surface area contributed by atoms with Crippen LogP contribution in [-0.2, 0) is 5.41 Å². The van der Waals surface area contributed by atoms with E-state index in [9.17, 15) is 4.79 Å². The molecular formula is C33H37BrN4O2. The zero-order chi connectivity index (χ0) is 27.3. The summed E-state index contributed by atoms with van der Waals surface area (Å²) < 4.78 is 8.69. The Kier molecular flexibility index (Phi) is 6.83. The van der Waals surface area contributed by atoms with Crippen molar-refractivity contribution in [2.45, 2.75) is 75.4 Å². The largest absolute Gasteiger partial charge is 0.444 e. The lowest BCUT2D eigenvalue weighted by Gasteiger charge is -2.45. The van der Waals surface area contributed by atoms with Crippen molar-refractivity contribution in [3.05, 3.63) is 88.5 Å².